The Morgan fingerprint density at radius 3 is 2.52 bits per heavy atom. The van der Waals surface area contributed by atoms with Crippen molar-refractivity contribution in [3.05, 3.63) is 57.4 Å². The van der Waals surface area contributed by atoms with Crippen molar-refractivity contribution < 1.29 is 4.79 Å². The second-order valence-electron chi connectivity index (χ2n) is 6.19. The predicted octanol–water partition coefficient (Wildman–Crippen LogP) is -0.657. The van der Waals surface area contributed by atoms with Crippen LogP contribution in [-0.4, -0.2) is 29.0 Å². The van der Waals surface area contributed by atoms with E-state index in [0.717, 1.165) is 10.1 Å². The van der Waals surface area contributed by atoms with Crippen LogP contribution >= 0.6 is 0 Å². The number of imidazole rings is 2. The van der Waals surface area contributed by atoms with Gasteiger partial charge in [-0.3, -0.25) is 28.5 Å². The molecule has 0 bridgehead atoms. The quantitative estimate of drug-likeness (QED) is 0.283. The summed E-state index contributed by atoms with van der Waals surface area (Å²) >= 11 is 0. The molecule has 1 aromatic carbocycles. The van der Waals surface area contributed by atoms with Gasteiger partial charge < -0.3 is 4.57 Å². The van der Waals surface area contributed by atoms with E-state index >= 15 is 0 Å². The molecule has 1 amide bonds. The van der Waals surface area contributed by atoms with Crippen molar-refractivity contribution in [3.63, 3.8) is 0 Å². The second-order valence-corrected chi connectivity index (χ2v) is 6.19. The highest BCUT2D eigenvalue weighted by molar-refractivity contribution is 5.81. The summed E-state index contributed by atoms with van der Waals surface area (Å²) in [4.78, 5) is 41.3. The van der Waals surface area contributed by atoms with Gasteiger partial charge in [0.05, 0.1) is 5.69 Å². The summed E-state index contributed by atoms with van der Waals surface area (Å²) in [6.45, 7) is -0.0885. The summed E-state index contributed by atoms with van der Waals surface area (Å²) in [7, 11) is 2.96. The van der Waals surface area contributed by atoms with Crippen molar-refractivity contribution in [1.29, 1.82) is 0 Å². The number of fused-ring (bicyclic) bond motifs is 3. The van der Waals surface area contributed by atoms with Crippen LogP contribution in [-0.2, 0) is 25.4 Å². The molecule has 4 rings (SSSR count). The van der Waals surface area contributed by atoms with E-state index in [1.54, 1.807) is 22.2 Å². The van der Waals surface area contributed by atoms with Gasteiger partial charge in [0, 0.05) is 20.3 Å². The Morgan fingerprint density at radius 1 is 1.15 bits per heavy atom. The first-order valence-corrected chi connectivity index (χ1v) is 8.16. The van der Waals surface area contributed by atoms with Crippen LogP contribution in [0.15, 0.2) is 46.1 Å². The molecule has 4 aromatic rings. The van der Waals surface area contributed by atoms with Crippen LogP contribution in [0.25, 0.3) is 28.2 Å². The number of carbonyl (C=O) groups excluding carboxylic acids is 1. The standard InChI is InChI=1S/C17H17N7O3/c1-21-14-13(15(26)22(2)17(21)27)24-8-11(10-6-4-3-5-7-10)23(16(24)19-14)9-12(25)20-18/h3-8H,9,18H2,1-2H3,(H,20,25). The van der Waals surface area contributed by atoms with Gasteiger partial charge in [0.25, 0.3) is 11.5 Å². The van der Waals surface area contributed by atoms with Crippen LogP contribution in [0.3, 0.4) is 0 Å². The summed E-state index contributed by atoms with van der Waals surface area (Å²) < 4.78 is 5.59. The molecule has 0 fully saturated rings. The number of hydrazine groups is 1. The SMILES string of the molecule is Cn1c(=O)c2c(nc3n(CC(=O)NN)c(-c4ccccc4)cn23)n(C)c1=O. The molecule has 10 heteroatoms. The fourth-order valence-corrected chi connectivity index (χ4v) is 3.20. The Hall–Kier alpha value is -3.66. The number of nitrogens with two attached hydrogens (primary N) is 1. The smallest absolute Gasteiger partial charge is 0.300 e. The number of hydrogen-bond acceptors (Lipinski definition) is 5. The minimum absolute atomic E-state index is 0.0885. The van der Waals surface area contributed by atoms with Crippen molar-refractivity contribution in [2.45, 2.75) is 6.54 Å². The van der Waals surface area contributed by atoms with Gasteiger partial charge in [-0.05, 0) is 5.56 Å². The molecular formula is C17H17N7O3. The average molecular weight is 367 g/mol. The van der Waals surface area contributed by atoms with Gasteiger partial charge in [0.15, 0.2) is 11.2 Å². The molecule has 0 saturated carbocycles. The third-order valence-corrected chi connectivity index (χ3v) is 4.59. The summed E-state index contributed by atoms with van der Waals surface area (Å²) in [6, 6.07) is 9.41. The van der Waals surface area contributed by atoms with E-state index in [1.807, 2.05) is 30.3 Å². The monoisotopic (exact) mass is 367 g/mol. The summed E-state index contributed by atoms with van der Waals surface area (Å²) in [5.41, 5.74) is 3.23. The maximum Gasteiger partial charge on any atom is 0.332 e. The van der Waals surface area contributed by atoms with E-state index in [-0.39, 0.29) is 17.7 Å². The van der Waals surface area contributed by atoms with Gasteiger partial charge in [0.1, 0.15) is 6.54 Å². The van der Waals surface area contributed by atoms with Crippen LogP contribution in [0.2, 0.25) is 0 Å². The van der Waals surface area contributed by atoms with Gasteiger partial charge >= 0.3 is 5.69 Å². The highest BCUT2D eigenvalue weighted by Gasteiger charge is 2.21. The van der Waals surface area contributed by atoms with E-state index in [9.17, 15) is 14.4 Å². The molecule has 0 aliphatic rings. The van der Waals surface area contributed by atoms with Crippen molar-refractivity contribution >= 4 is 22.8 Å². The number of rotatable bonds is 3. The summed E-state index contributed by atoms with van der Waals surface area (Å²) in [6.07, 6.45) is 1.73. The van der Waals surface area contributed by atoms with E-state index in [1.165, 1.54) is 11.6 Å². The van der Waals surface area contributed by atoms with E-state index < -0.39 is 17.2 Å². The summed E-state index contributed by atoms with van der Waals surface area (Å²) in [5.74, 6) is 5.19. The zero-order valence-electron chi connectivity index (χ0n) is 14.7. The number of aryl methyl sites for hydroxylation is 1. The van der Waals surface area contributed by atoms with Crippen molar-refractivity contribution in [1.82, 2.24) is 28.5 Å². The largest absolute Gasteiger partial charge is 0.332 e. The van der Waals surface area contributed by atoms with Gasteiger partial charge in [-0.1, -0.05) is 30.3 Å². The molecule has 0 spiro atoms. The lowest BCUT2D eigenvalue weighted by atomic mass is 10.2. The lowest BCUT2D eigenvalue weighted by molar-refractivity contribution is -0.121. The third kappa shape index (κ3) is 2.38. The number of nitrogens with zero attached hydrogens (tertiary/aromatic N) is 5. The zero-order valence-corrected chi connectivity index (χ0v) is 14.7. The van der Waals surface area contributed by atoms with Crippen LogP contribution in [0.1, 0.15) is 0 Å². The molecule has 0 unspecified atom stereocenters. The lowest BCUT2D eigenvalue weighted by Gasteiger charge is -2.08. The van der Waals surface area contributed by atoms with Crippen molar-refractivity contribution in [2.24, 2.45) is 19.9 Å². The topological polar surface area (TPSA) is 121 Å². The Labute approximate surface area is 152 Å². The molecule has 3 aromatic heterocycles. The maximum absolute atomic E-state index is 12.7. The highest BCUT2D eigenvalue weighted by atomic mass is 16.2. The molecule has 138 valence electrons. The van der Waals surface area contributed by atoms with Crippen LogP contribution in [0.5, 0.6) is 0 Å². The van der Waals surface area contributed by atoms with Crippen molar-refractivity contribution in [2.75, 3.05) is 0 Å². The minimum atomic E-state index is -0.470. The van der Waals surface area contributed by atoms with E-state index in [4.69, 9.17) is 5.84 Å². The number of carbonyl (C=O) groups is 1. The molecule has 0 atom stereocenters. The van der Waals surface area contributed by atoms with Crippen LogP contribution in [0.4, 0.5) is 0 Å². The molecule has 0 aliphatic heterocycles. The molecule has 0 aliphatic carbocycles. The highest BCUT2D eigenvalue weighted by Crippen LogP contribution is 2.25. The van der Waals surface area contributed by atoms with Gasteiger partial charge in [-0.2, -0.15) is 4.98 Å². The number of hydrogen-bond donors (Lipinski definition) is 2. The summed E-state index contributed by atoms with van der Waals surface area (Å²) in [5, 5.41) is 0. The molecule has 3 heterocycles. The lowest BCUT2D eigenvalue weighted by Crippen LogP contribution is -2.37. The molecule has 0 radical (unpaired) electrons. The Balaban J connectivity index is 2.14. The van der Waals surface area contributed by atoms with Crippen LogP contribution in [0, 0.1) is 0 Å². The van der Waals surface area contributed by atoms with E-state index in [0.29, 0.717) is 11.5 Å². The first-order chi connectivity index (χ1) is 12.9. The number of amides is 1. The predicted molar refractivity (Wildman–Crippen MR) is 98.9 cm³/mol. The molecule has 3 N–H and O–H groups in total. The molecular weight excluding hydrogens is 350 g/mol. The van der Waals surface area contributed by atoms with E-state index in [2.05, 4.69) is 10.4 Å². The Kier molecular flexibility index (Phi) is 3.70. The first-order valence-electron chi connectivity index (χ1n) is 8.16. The van der Waals surface area contributed by atoms with Crippen molar-refractivity contribution in [3.8, 4) is 11.3 Å². The van der Waals surface area contributed by atoms with Gasteiger partial charge in [-0.25, -0.2) is 10.6 Å². The zero-order chi connectivity index (χ0) is 19.3. The molecule has 10 nitrogen and oxygen atoms in total. The number of benzene rings is 1. The molecule has 0 saturated heterocycles. The first kappa shape index (κ1) is 16.8. The Bertz CT molecular complexity index is 1310. The second kappa shape index (κ2) is 5.95. The number of aromatic nitrogens is 5. The van der Waals surface area contributed by atoms with Gasteiger partial charge in [0.2, 0.25) is 5.78 Å². The minimum Gasteiger partial charge on any atom is -0.300 e. The normalized spacial score (nSPS) is 11.4. The third-order valence-electron chi connectivity index (χ3n) is 4.59. The fourth-order valence-electron chi connectivity index (χ4n) is 3.20. The number of nitrogens with one attached hydrogen (secondary N) is 1. The maximum atomic E-state index is 12.7. The Morgan fingerprint density at radius 2 is 1.85 bits per heavy atom. The average Bonchev–Trinajstić information content (AvgIpc) is 3.22. The van der Waals surface area contributed by atoms with Gasteiger partial charge in [-0.15, -0.1) is 0 Å². The van der Waals surface area contributed by atoms with Crippen LogP contribution < -0.4 is 22.5 Å². The fraction of sp³-hybridized carbons (Fsp3) is 0.176. The molecule has 27 heavy (non-hydrogen) atoms.